The van der Waals surface area contributed by atoms with Crippen molar-refractivity contribution in [2.24, 2.45) is 0 Å². The summed E-state index contributed by atoms with van der Waals surface area (Å²) in [5, 5.41) is 2.07. The number of carbonyl (C=O) groups is 1. The van der Waals surface area contributed by atoms with Gasteiger partial charge in [0.1, 0.15) is 5.82 Å². The molecule has 0 radical (unpaired) electrons. The van der Waals surface area contributed by atoms with Gasteiger partial charge in [0.05, 0.1) is 37.5 Å². The van der Waals surface area contributed by atoms with Crippen molar-refractivity contribution >= 4 is 17.2 Å². The van der Waals surface area contributed by atoms with Crippen LogP contribution in [0.3, 0.4) is 0 Å². The minimum atomic E-state index is 0.231. The number of imidazole rings is 1. The number of aromatic nitrogens is 3. The van der Waals surface area contributed by atoms with E-state index in [4.69, 9.17) is 4.74 Å². The van der Waals surface area contributed by atoms with Gasteiger partial charge in [0.2, 0.25) is 5.91 Å². The van der Waals surface area contributed by atoms with Gasteiger partial charge in [-0.25, -0.2) is 9.97 Å². The minimum Gasteiger partial charge on any atom is -0.379 e. The van der Waals surface area contributed by atoms with Gasteiger partial charge in [-0.1, -0.05) is 0 Å². The second kappa shape index (κ2) is 8.28. The highest BCUT2D eigenvalue weighted by Crippen LogP contribution is 2.26. The number of morpholine rings is 1. The van der Waals surface area contributed by atoms with Crippen LogP contribution in [0.15, 0.2) is 23.3 Å². The second-order valence-corrected chi connectivity index (χ2v) is 7.68. The van der Waals surface area contributed by atoms with Crippen LogP contribution in [-0.2, 0) is 16.1 Å². The largest absolute Gasteiger partial charge is 0.379 e. The predicted molar refractivity (Wildman–Crippen MR) is 99.3 cm³/mol. The number of ether oxygens (including phenoxy) is 1. The Morgan fingerprint density at radius 3 is 2.96 bits per heavy atom. The molecule has 8 heteroatoms. The summed E-state index contributed by atoms with van der Waals surface area (Å²) in [5.41, 5.74) is 2.92. The monoisotopic (exact) mass is 375 g/mol. The molecule has 1 amide bonds. The van der Waals surface area contributed by atoms with Gasteiger partial charge in [-0.2, -0.15) is 0 Å². The molecule has 0 aromatic carbocycles. The molecule has 26 heavy (non-hydrogen) atoms. The lowest BCUT2D eigenvalue weighted by atomic mass is 9.97. The van der Waals surface area contributed by atoms with Gasteiger partial charge in [-0.05, 0) is 12.8 Å². The van der Waals surface area contributed by atoms with Gasteiger partial charge in [-0.15, -0.1) is 11.3 Å². The number of nitrogens with zero attached hydrogens (tertiary/aromatic N) is 5. The molecule has 2 aromatic heterocycles. The van der Waals surface area contributed by atoms with Crippen LogP contribution in [0, 0.1) is 0 Å². The van der Waals surface area contributed by atoms with E-state index in [-0.39, 0.29) is 5.91 Å². The molecule has 4 rings (SSSR count). The molecular formula is C18H25N5O2S. The Bertz CT molecular complexity index is 711. The fraction of sp³-hybridized carbons (Fsp3) is 0.611. The molecule has 0 bridgehead atoms. The van der Waals surface area contributed by atoms with Gasteiger partial charge in [0.25, 0.3) is 0 Å². The average Bonchev–Trinajstić information content (AvgIpc) is 3.35. The molecule has 1 unspecified atom stereocenters. The molecule has 1 atom stereocenters. The molecular weight excluding hydrogens is 350 g/mol. The lowest BCUT2D eigenvalue weighted by Crippen LogP contribution is -2.47. The van der Waals surface area contributed by atoms with Gasteiger partial charge in [0, 0.05) is 49.9 Å². The van der Waals surface area contributed by atoms with Crippen molar-refractivity contribution in [1.29, 1.82) is 0 Å². The fourth-order valence-electron chi connectivity index (χ4n) is 3.77. The number of amides is 1. The highest BCUT2D eigenvalue weighted by atomic mass is 32.1. The van der Waals surface area contributed by atoms with E-state index in [1.54, 1.807) is 11.3 Å². The summed E-state index contributed by atoms with van der Waals surface area (Å²) in [4.78, 5) is 25.9. The van der Waals surface area contributed by atoms with Gasteiger partial charge in [-0.3, -0.25) is 9.69 Å². The van der Waals surface area contributed by atoms with Crippen molar-refractivity contribution in [3.05, 3.63) is 34.8 Å². The van der Waals surface area contributed by atoms with E-state index in [0.29, 0.717) is 12.5 Å². The van der Waals surface area contributed by atoms with E-state index < -0.39 is 0 Å². The van der Waals surface area contributed by atoms with Crippen LogP contribution in [0.4, 0.5) is 0 Å². The van der Waals surface area contributed by atoms with Crippen LogP contribution in [0.25, 0.3) is 0 Å². The van der Waals surface area contributed by atoms with Crippen LogP contribution in [0.2, 0.25) is 0 Å². The summed E-state index contributed by atoms with van der Waals surface area (Å²) in [7, 11) is 0. The highest BCUT2D eigenvalue weighted by Gasteiger charge is 2.28. The lowest BCUT2D eigenvalue weighted by molar-refractivity contribution is -0.134. The number of thiazole rings is 1. The summed E-state index contributed by atoms with van der Waals surface area (Å²) in [6, 6.07) is 0. The first-order valence-corrected chi connectivity index (χ1v) is 10.2. The fourth-order valence-corrected chi connectivity index (χ4v) is 4.32. The van der Waals surface area contributed by atoms with E-state index in [9.17, 15) is 4.79 Å². The van der Waals surface area contributed by atoms with E-state index in [1.807, 2.05) is 22.8 Å². The first-order valence-electron chi connectivity index (χ1n) is 9.25. The zero-order chi connectivity index (χ0) is 17.8. The summed E-state index contributed by atoms with van der Waals surface area (Å²) < 4.78 is 7.54. The van der Waals surface area contributed by atoms with Crippen molar-refractivity contribution in [2.45, 2.75) is 25.3 Å². The minimum absolute atomic E-state index is 0.231. The normalized spacial score (nSPS) is 21.8. The molecule has 7 nitrogen and oxygen atoms in total. The number of carbonyl (C=O) groups excluding carboxylic acids is 1. The van der Waals surface area contributed by atoms with Crippen LogP contribution >= 0.6 is 11.3 Å². The SMILES string of the molecule is O=C(CN1CCOCC1)N1CCCC(c2nccn2Cc2cscn2)C1. The number of piperidine rings is 1. The molecule has 0 aliphatic carbocycles. The molecule has 4 heterocycles. The molecule has 0 spiro atoms. The molecule has 140 valence electrons. The molecule has 2 saturated heterocycles. The summed E-state index contributed by atoms with van der Waals surface area (Å²) >= 11 is 1.61. The van der Waals surface area contributed by atoms with E-state index in [2.05, 4.69) is 24.8 Å². The average molecular weight is 375 g/mol. The maximum atomic E-state index is 12.7. The molecule has 2 fully saturated rings. The zero-order valence-corrected chi connectivity index (χ0v) is 15.7. The smallest absolute Gasteiger partial charge is 0.236 e. The number of likely N-dealkylation sites (tertiary alicyclic amines) is 1. The first-order chi connectivity index (χ1) is 12.8. The van der Waals surface area contributed by atoms with Gasteiger partial charge in [0.15, 0.2) is 0 Å². The van der Waals surface area contributed by atoms with Crippen LogP contribution in [-0.4, -0.2) is 76.2 Å². The maximum absolute atomic E-state index is 12.7. The Balaban J connectivity index is 1.39. The predicted octanol–water partition coefficient (Wildman–Crippen LogP) is 1.43. The Hall–Kier alpha value is -1.77. The van der Waals surface area contributed by atoms with E-state index in [0.717, 1.165) is 70.3 Å². The van der Waals surface area contributed by atoms with E-state index in [1.165, 1.54) is 0 Å². The van der Waals surface area contributed by atoms with Gasteiger partial charge < -0.3 is 14.2 Å². The lowest BCUT2D eigenvalue weighted by Gasteiger charge is -2.35. The standard InChI is InChI=1S/C18H25N5O2S/c24-17(12-21-6-8-25-9-7-21)22-4-1-2-15(10-22)18-19-3-5-23(18)11-16-13-26-14-20-16/h3,5,13-15H,1-2,4,6-12H2. The van der Waals surface area contributed by atoms with E-state index >= 15 is 0 Å². The molecule has 2 aliphatic rings. The van der Waals surface area contributed by atoms with Gasteiger partial charge >= 0.3 is 0 Å². The van der Waals surface area contributed by atoms with Crippen molar-refractivity contribution in [3.8, 4) is 0 Å². The Kier molecular flexibility index (Phi) is 5.62. The zero-order valence-electron chi connectivity index (χ0n) is 14.9. The highest BCUT2D eigenvalue weighted by molar-refractivity contribution is 7.07. The first kappa shape index (κ1) is 17.6. The molecule has 2 aromatic rings. The Labute approximate surface area is 157 Å². The third kappa shape index (κ3) is 4.13. The van der Waals surface area contributed by atoms with Crippen molar-refractivity contribution in [2.75, 3.05) is 45.9 Å². The summed E-state index contributed by atoms with van der Waals surface area (Å²) in [6.45, 7) is 6.01. The Morgan fingerprint density at radius 2 is 2.15 bits per heavy atom. The summed E-state index contributed by atoms with van der Waals surface area (Å²) in [6.07, 6.45) is 5.98. The molecule has 0 N–H and O–H groups in total. The summed E-state index contributed by atoms with van der Waals surface area (Å²) in [5.74, 6) is 1.60. The maximum Gasteiger partial charge on any atom is 0.236 e. The van der Waals surface area contributed by atoms with Crippen molar-refractivity contribution in [1.82, 2.24) is 24.3 Å². The van der Waals surface area contributed by atoms with Crippen molar-refractivity contribution < 1.29 is 9.53 Å². The third-order valence-corrected chi connectivity index (χ3v) is 5.80. The quantitative estimate of drug-likeness (QED) is 0.791. The Morgan fingerprint density at radius 1 is 1.27 bits per heavy atom. The molecule has 0 saturated carbocycles. The van der Waals surface area contributed by atoms with Crippen LogP contribution in [0.1, 0.15) is 30.3 Å². The topological polar surface area (TPSA) is 63.5 Å². The second-order valence-electron chi connectivity index (χ2n) is 6.96. The van der Waals surface area contributed by atoms with Crippen molar-refractivity contribution in [3.63, 3.8) is 0 Å². The van der Waals surface area contributed by atoms with Crippen LogP contribution < -0.4 is 0 Å². The molecule has 2 aliphatic heterocycles. The number of hydrogen-bond donors (Lipinski definition) is 0. The number of rotatable bonds is 5. The third-order valence-electron chi connectivity index (χ3n) is 5.17. The number of hydrogen-bond acceptors (Lipinski definition) is 6. The van der Waals surface area contributed by atoms with Crippen LogP contribution in [0.5, 0.6) is 0 Å².